The standard InChI is InChI=1S/C14H17Cl2NO2/c1-10-4-2-3-7-17(10)14(18)19-9-11-5-6-12(15)13(16)8-11/h5-6,8,10H,2-4,7,9H2,1H3/t10-/m1/s1. The van der Waals surface area contributed by atoms with E-state index >= 15 is 0 Å². The topological polar surface area (TPSA) is 29.5 Å². The van der Waals surface area contributed by atoms with Gasteiger partial charge in [-0.05, 0) is 43.9 Å². The van der Waals surface area contributed by atoms with Crippen molar-refractivity contribution in [1.29, 1.82) is 0 Å². The number of ether oxygens (including phenoxy) is 1. The minimum Gasteiger partial charge on any atom is -0.445 e. The van der Waals surface area contributed by atoms with Gasteiger partial charge in [0.1, 0.15) is 6.61 Å². The van der Waals surface area contributed by atoms with Gasteiger partial charge in [-0.15, -0.1) is 0 Å². The maximum absolute atomic E-state index is 12.0. The molecule has 104 valence electrons. The first-order valence-electron chi connectivity index (χ1n) is 6.45. The molecule has 1 fully saturated rings. The molecule has 3 nitrogen and oxygen atoms in total. The summed E-state index contributed by atoms with van der Waals surface area (Å²) in [4.78, 5) is 13.8. The molecule has 0 N–H and O–H groups in total. The van der Waals surface area contributed by atoms with Crippen LogP contribution in [-0.2, 0) is 11.3 Å². The predicted octanol–water partition coefficient (Wildman–Crippen LogP) is 4.50. The van der Waals surface area contributed by atoms with E-state index in [1.54, 1.807) is 23.1 Å². The molecule has 2 rings (SSSR count). The summed E-state index contributed by atoms with van der Waals surface area (Å²) in [6.07, 6.45) is 3.02. The summed E-state index contributed by atoms with van der Waals surface area (Å²) >= 11 is 11.8. The van der Waals surface area contributed by atoms with Crippen LogP contribution in [-0.4, -0.2) is 23.6 Å². The first-order chi connectivity index (χ1) is 9.08. The van der Waals surface area contributed by atoms with E-state index in [0.29, 0.717) is 10.0 Å². The summed E-state index contributed by atoms with van der Waals surface area (Å²) in [5.41, 5.74) is 0.840. The lowest BCUT2D eigenvalue weighted by molar-refractivity contribution is 0.0722. The maximum Gasteiger partial charge on any atom is 0.410 e. The predicted molar refractivity (Wildman–Crippen MR) is 76.7 cm³/mol. The van der Waals surface area contributed by atoms with Gasteiger partial charge in [0.2, 0.25) is 0 Å². The van der Waals surface area contributed by atoms with Gasteiger partial charge in [0.25, 0.3) is 0 Å². The van der Waals surface area contributed by atoms with E-state index in [4.69, 9.17) is 27.9 Å². The first kappa shape index (κ1) is 14.5. The molecule has 0 radical (unpaired) electrons. The van der Waals surface area contributed by atoms with Gasteiger partial charge in [0.15, 0.2) is 0 Å². The molecule has 1 aliphatic heterocycles. The molecular formula is C14H17Cl2NO2. The van der Waals surface area contributed by atoms with Crippen LogP contribution in [0.1, 0.15) is 31.7 Å². The van der Waals surface area contributed by atoms with Crippen molar-refractivity contribution in [2.45, 2.75) is 38.8 Å². The lowest BCUT2D eigenvalue weighted by Crippen LogP contribution is -2.42. The lowest BCUT2D eigenvalue weighted by atomic mass is 10.0. The van der Waals surface area contributed by atoms with Crippen LogP contribution < -0.4 is 0 Å². The average molecular weight is 302 g/mol. The molecule has 0 bridgehead atoms. The largest absolute Gasteiger partial charge is 0.445 e. The van der Waals surface area contributed by atoms with E-state index in [-0.39, 0.29) is 18.7 Å². The Morgan fingerprint density at radius 1 is 1.37 bits per heavy atom. The van der Waals surface area contributed by atoms with Gasteiger partial charge < -0.3 is 9.64 Å². The summed E-state index contributed by atoms with van der Waals surface area (Å²) in [5, 5.41) is 0.975. The molecule has 1 saturated heterocycles. The Balaban J connectivity index is 1.90. The van der Waals surface area contributed by atoms with Crippen molar-refractivity contribution < 1.29 is 9.53 Å². The number of benzene rings is 1. The molecule has 5 heteroatoms. The van der Waals surface area contributed by atoms with Crippen LogP contribution in [0.4, 0.5) is 4.79 Å². The molecule has 1 aromatic rings. The van der Waals surface area contributed by atoms with Crippen molar-refractivity contribution in [2.75, 3.05) is 6.54 Å². The number of halogens is 2. The van der Waals surface area contributed by atoms with Crippen molar-refractivity contribution >= 4 is 29.3 Å². The van der Waals surface area contributed by atoms with Crippen molar-refractivity contribution in [3.8, 4) is 0 Å². The Kier molecular flexibility index (Phi) is 4.94. The van der Waals surface area contributed by atoms with Crippen LogP contribution in [0.3, 0.4) is 0 Å². The normalized spacial score (nSPS) is 19.3. The van der Waals surface area contributed by atoms with Crippen LogP contribution in [0, 0.1) is 0 Å². The van der Waals surface area contributed by atoms with Gasteiger partial charge in [-0.3, -0.25) is 0 Å². The van der Waals surface area contributed by atoms with Crippen molar-refractivity contribution in [3.05, 3.63) is 33.8 Å². The van der Waals surface area contributed by atoms with Crippen LogP contribution in [0.25, 0.3) is 0 Å². The van der Waals surface area contributed by atoms with Gasteiger partial charge in [0, 0.05) is 12.6 Å². The van der Waals surface area contributed by atoms with E-state index in [1.807, 2.05) is 0 Å². The number of nitrogens with zero attached hydrogens (tertiary/aromatic N) is 1. The fraction of sp³-hybridized carbons (Fsp3) is 0.500. The third-order valence-corrected chi connectivity index (χ3v) is 4.12. The monoisotopic (exact) mass is 301 g/mol. The van der Waals surface area contributed by atoms with Gasteiger partial charge in [0.05, 0.1) is 10.0 Å². The second-order valence-corrected chi connectivity index (χ2v) is 5.66. The van der Waals surface area contributed by atoms with Crippen LogP contribution in [0.5, 0.6) is 0 Å². The van der Waals surface area contributed by atoms with E-state index < -0.39 is 0 Å². The number of rotatable bonds is 2. The van der Waals surface area contributed by atoms with Gasteiger partial charge in [-0.25, -0.2) is 4.79 Å². The second kappa shape index (κ2) is 6.49. The molecule has 0 aliphatic carbocycles. The zero-order chi connectivity index (χ0) is 13.8. The Morgan fingerprint density at radius 3 is 2.84 bits per heavy atom. The molecule has 19 heavy (non-hydrogen) atoms. The number of carbonyl (C=O) groups is 1. The number of amides is 1. The van der Waals surface area contributed by atoms with E-state index in [1.165, 1.54) is 6.42 Å². The van der Waals surface area contributed by atoms with Crippen LogP contribution >= 0.6 is 23.2 Å². The van der Waals surface area contributed by atoms with Crippen LogP contribution in [0.15, 0.2) is 18.2 Å². The third-order valence-electron chi connectivity index (χ3n) is 3.38. The summed E-state index contributed by atoms with van der Waals surface area (Å²) in [6, 6.07) is 5.49. The molecule has 1 aromatic carbocycles. The number of hydrogen-bond donors (Lipinski definition) is 0. The molecule has 0 aromatic heterocycles. The fourth-order valence-electron chi connectivity index (χ4n) is 2.23. The van der Waals surface area contributed by atoms with Gasteiger partial charge in [-0.2, -0.15) is 0 Å². The molecule has 1 heterocycles. The summed E-state index contributed by atoms with van der Waals surface area (Å²) in [7, 11) is 0. The second-order valence-electron chi connectivity index (χ2n) is 4.84. The van der Waals surface area contributed by atoms with Crippen molar-refractivity contribution in [3.63, 3.8) is 0 Å². The van der Waals surface area contributed by atoms with Gasteiger partial charge in [-0.1, -0.05) is 29.3 Å². The smallest absolute Gasteiger partial charge is 0.410 e. The Morgan fingerprint density at radius 2 is 2.16 bits per heavy atom. The Hall–Kier alpha value is -0.930. The molecule has 0 spiro atoms. The highest BCUT2D eigenvalue weighted by Gasteiger charge is 2.24. The van der Waals surface area contributed by atoms with E-state index in [0.717, 1.165) is 24.9 Å². The molecule has 1 atom stereocenters. The van der Waals surface area contributed by atoms with Crippen molar-refractivity contribution in [2.24, 2.45) is 0 Å². The molecule has 0 unspecified atom stereocenters. The summed E-state index contributed by atoms with van der Waals surface area (Å²) < 4.78 is 5.32. The third kappa shape index (κ3) is 3.77. The Bertz CT molecular complexity index is 465. The maximum atomic E-state index is 12.0. The Labute approximate surface area is 123 Å². The van der Waals surface area contributed by atoms with E-state index in [2.05, 4.69) is 6.92 Å². The molecular weight excluding hydrogens is 285 g/mol. The van der Waals surface area contributed by atoms with Gasteiger partial charge >= 0.3 is 6.09 Å². The zero-order valence-corrected chi connectivity index (χ0v) is 12.4. The number of carbonyl (C=O) groups excluding carboxylic acids is 1. The zero-order valence-electron chi connectivity index (χ0n) is 10.9. The minimum absolute atomic E-state index is 0.221. The van der Waals surface area contributed by atoms with Crippen molar-refractivity contribution in [1.82, 2.24) is 4.90 Å². The molecule has 1 amide bonds. The summed E-state index contributed by atoms with van der Waals surface area (Å²) in [6.45, 7) is 3.06. The fourth-order valence-corrected chi connectivity index (χ4v) is 2.55. The number of piperidine rings is 1. The lowest BCUT2D eigenvalue weighted by Gasteiger charge is -2.32. The minimum atomic E-state index is -0.252. The highest BCUT2D eigenvalue weighted by molar-refractivity contribution is 6.42. The highest BCUT2D eigenvalue weighted by Crippen LogP contribution is 2.23. The molecule has 1 aliphatic rings. The van der Waals surface area contributed by atoms with Crippen LogP contribution in [0.2, 0.25) is 10.0 Å². The number of likely N-dealkylation sites (tertiary alicyclic amines) is 1. The SMILES string of the molecule is C[C@@H]1CCCCN1C(=O)OCc1ccc(Cl)c(Cl)c1. The first-order valence-corrected chi connectivity index (χ1v) is 7.21. The quantitative estimate of drug-likeness (QED) is 0.804. The average Bonchev–Trinajstić information content (AvgIpc) is 2.40. The highest BCUT2D eigenvalue weighted by atomic mass is 35.5. The molecule has 0 saturated carbocycles. The van der Waals surface area contributed by atoms with E-state index in [9.17, 15) is 4.79 Å². The number of hydrogen-bond acceptors (Lipinski definition) is 2. The summed E-state index contributed by atoms with van der Waals surface area (Å²) in [5.74, 6) is 0.